The average Bonchev–Trinajstić information content (AvgIpc) is 3.01. The first-order chi connectivity index (χ1) is 10.8. The molecule has 1 amide bonds. The van der Waals surface area contributed by atoms with E-state index in [9.17, 15) is 4.79 Å². The second kappa shape index (κ2) is 6.28. The van der Waals surface area contributed by atoms with Crippen LogP contribution in [0.2, 0.25) is 0 Å². The average molecular weight is 297 g/mol. The number of rotatable bonds is 5. The molecule has 3 aromatic rings. The molecule has 0 saturated heterocycles. The van der Waals surface area contributed by atoms with Crippen molar-refractivity contribution in [3.63, 3.8) is 0 Å². The van der Waals surface area contributed by atoms with Crippen LogP contribution >= 0.6 is 0 Å². The molecule has 22 heavy (non-hydrogen) atoms. The van der Waals surface area contributed by atoms with E-state index in [0.717, 1.165) is 5.52 Å². The lowest BCUT2D eigenvalue weighted by atomic mass is 10.2. The summed E-state index contributed by atoms with van der Waals surface area (Å²) >= 11 is 0. The number of ether oxygens (including phenoxy) is 1. The molecule has 0 atom stereocenters. The summed E-state index contributed by atoms with van der Waals surface area (Å²) in [5.41, 5.74) is 2.10. The number of anilines is 1. The summed E-state index contributed by atoms with van der Waals surface area (Å²) in [6.45, 7) is 0.215. The summed E-state index contributed by atoms with van der Waals surface area (Å²) in [5.74, 6) is 0.459. The summed E-state index contributed by atoms with van der Waals surface area (Å²) < 4.78 is 7.10. The molecule has 0 spiro atoms. The van der Waals surface area contributed by atoms with Gasteiger partial charge >= 0.3 is 0 Å². The Kier molecular flexibility index (Phi) is 4.02. The fraction of sp³-hybridized carbons (Fsp3) is 0.125. The Hall–Kier alpha value is -2.86. The zero-order chi connectivity index (χ0) is 15.4. The van der Waals surface area contributed by atoms with E-state index in [4.69, 9.17) is 9.84 Å². The van der Waals surface area contributed by atoms with E-state index in [-0.39, 0.29) is 19.1 Å². The molecule has 3 rings (SSSR count). The molecule has 0 unspecified atom stereocenters. The second-order valence-electron chi connectivity index (χ2n) is 4.69. The maximum atomic E-state index is 12.2. The molecular weight excluding hydrogens is 282 g/mol. The van der Waals surface area contributed by atoms with Crippen molar-refractivity contribution in [3.05, 3.63) is 60.7 Å². The lowest BCUT2D eigenvalue weighted by Crippen LogP contribution is -2.12. The van der Waals surface area contributed by atoms with Gasteiger partial charge in [0.15, 0.2) is 0 Å². The minimum absolute atomic E-state index is 0.0322. The number of nitrogens with one attached hydrogen (secondary N) is 1. The van der Waals surface area contributed by atoms with Crippen LogP contribution in [0.4, 0.5) is 5.69 Å². The van der Waals surface area contributed by atoms with Crippen molar-refractivity contribution >= 4 is 17.1 Å². The third-order valence-electron chi connectivity index (χ3n) is 3.15. The topological polar surface area (TPSA) is 75.9 Å². The van der Waals surface area contributed by atoms with Gasteiger partial charge in [0.05, 0.1) is 24.6 Å². The van der Waals surface area contributed by atoms with E-state index in [0.29, 0.717) is 17.0 Å². The van der Waals surface area contributed by atoms with Gasteiger partial charge in [-0.2, -0.15) is 0 Å². The van der Waals surface area contributed by atoms with Crippen LogP contribution in [0, 0.1) is 0 Å². The molecule has 0 aliphatic heterocycles. The van der Waals surface area contributed by atoms with Crippen LogP contribution in [0.25, 0.3) is 5.52 Å². The minimum atomic E-state index is -0.187. The van der Waals surface area contributed by atoms with E-state index < -0.39 is 0 Å². The molecule has 2 aromatic heterocycles. The van der Waals surface area contributed by atoms with Crippen molar-refractivity contribution in [2.24, 2.45) is 0 Å². The second-order valence-corrected chi connectivity index (χ2v) is 4.69. The zero-order valence-electron chi connectivity index (χ0n) is 11.8. The Labute approximate surface area is 127 Å². The molecule has 6 heteroatoms. The fourth-order valence-corrected chi connectivity index (χ4v) is 2.06. The fourth-order valence-electron chi connectivity index (χ4n) is 2.06. The van der Waals surface area contributed by atoms with E-state index >= 15 is 0 Å². The van der Waals surface area contributed by atoms with Gasteiger partial charge in [-0.1, -0.05) is 0 Å². The number of amides is 1. The zero-order valence-corrected chi connectivity index (χ0v) is 11.8. The number of aliphatic hydroxyl groups excluding tert-OH is 1. The normalized spacial score (nSPS) is 10.6. The number of hydrogen-bond donors (Lipinski definition) is 2. The van der Waals surface area contributed by atoms with Gasteiger partial charge in [-0.25, -0.2) is 4.98 Å². The van der Waals surface area contributed by atoms with Crippen LogP contribution in [0.5, 0.6) is 5.75 Å². The number of aliphatic hydroxyl groups is 1. The number of carbonyl (C=O) groups excluding carboxylic acids is 1. The van der Waals surface area contributed by atoms with E-state index in [1.807, 2.05) is 4.40 Å². The van der Waals surface area contributed by atoms with Gasteiger partial charge in [-0.15, -0.1) is 0 Å². The van der Waals surface area contributed by atoms with Crippen molar-refractivity contribution < 1.29 is 14.6 Å². The predicted molar refractivity (Wildman–Crippen MR) is 82.2 cm³/mol. The number of carbonyl (C=O) groups is 1. The van der Waals surface area contributed by atoms with Crippen LogP contribution in [0.3, 0.4) is 0 Å². The lowest BCUT2D eigenvalue weighted by Gasteiger charge is -2.08. The Bertz CT molecular complexity index is 781. The first kappa shape index (κ1) is 14.1. The highest BCUT2D eigenvalue weighted by Gasteiger charge is 2.07. The summed E-state index contributed by atoms with van der Waals surface area (Å²) in [5, 5.41) is 11.5. The van der Waals surface area contributed by atoms with Gasteiger partial charge in [-0.05, 0) is 36.4 Å². The largest absolute Gasteiger partial charge is 0.491 e. The molecular formula is C16H15N3O3. The summed E-state index contributed by atoms with van der Waals surface area (Å²) in [7, 11) is 0. The maximum absolute atomic E-state index is 12.2. The smallest absolute Gasteiger partial charge is 0.255 e. The number of fused-ring (bicyclic) bond motifs is 1. The number of pyridine rings is 1. The predicted octanol–water partition coefficient (Wildman–Crippen LogP) is 1.96. The molecule has 0 aliphatic carbocycles. The Morgan fingerprint density at radius 3 is 2.86 bits per heavy atom. The van der Waals surface area contributed by atoms with E-state index in [2.05, 4.69) is 10.3 Å². The lowest BCUT2D eigenvalue weighted by molar-refractivity contribution is 0.102. The summed E-state index contributed by atoms with van der Waals surface area (Å²) in [4.78, 5) is 16.3. The Morgan fingerprint density at radius 2 is 2.09 bits per heavy atom. The van der Waals surface area contributed by atoms with E-state index in [1.54, 1.807) is 55.1 Å². The highest BCUT2D eigenvalue weighted by molar-refractivity contribution is 6.04. The third kappa shape index (κ3) is 3.07. The quantitative estimate of drug-likeness (QED) is 0.755. The molecule has 0 aliphatic rings. The van der Waals surface area contributed by atoms with Gasteiger partial charge in [0.1, 0.15) is 12.4 Å². The summed E-state index contributed by atoms with van der Waals surface area (Å²) in [6.07, 6.45) is 5.18. The molecule has 0 fully saturated rings. The monoisotopic (exact) mass is 297 g/mol. The van der Waals surface area contributed by atoms with Crippen LogP contribution in [0.1, 0.15) is 10.4 Å². The minimum Gasteiger partial charge on any atom is -0.491 e. The first-order valence-corrected chi connectivity index (χ1v) is 6.83. The van der Waals surface area contributed by atoms with Gasteiger partial charge < -0.3 is 19.6 Å². The van der Waals surface area contributed by atoms with Gasteiger partial charge in [0.2, 0.25) is 0 Å². The molecule has 2 N–H and O–H groups in total. The molecule has 0 radical (unpaired) electrons. The van der Waals surface area contributed by atoms with Crippen molar-refractivity contribution in [3.8, 4) is 5.75 Å². The van der Waals surface area contributed by atoms with Gasteiger partial charge in [0, 0.05) is 17.4 Å². The Morgan fingerprint density at radius 1 is 1.27 bits per heavy atom. The molecule has 2 heterocycles. The van der Waals surface area contributed by atoms with Crippen molar-refractivity contribution in [1.82, 2.24) is 9.38 Å². The van der Waals surface area contributed by atoms with Crippen LogP contribution in [-0.4, -0.2) is 33.6 Å². The van der Waals surface area contributed by atoms with Crippen LogP contribution in [-0.2, 0) is 0 Å². The van der Waals surface area contributed by atoms with Crippen molar-refractivity contribution in [2.45, 2.75) is 0 Å². The molecule has 6 nitrogen and oxygen atoms in total. The Balaban J connectivity index is 1.70. The van der Waals surface area contributed by atoms with Gasteiger partial charge in [0.25, 0.3) is 5.91 Å². The van der Waals surface area contributed by atoms with Crippen LogP contribution < -0.4 is 10.1 Å². The first-order valence-electron chi connectivity index (χ1n) is 6.83. The van der Waals surface area contributed by atoms with Crippen molar-refractivity contribution in [2.75, 3.05) is 18.5 Å². The number of aromatic nitrogens is 2. The number of hydrogen-bond acceptors (Lipinski definition) is 4. The third-order valence-corrected chi connectivity index (χ3v) is 3.15. The standard InChI is InChI=1S/C16H15N3O3/c20-7-8-22-15-3-1-13(2-4-15)18-16(21)12-5-6-19-11-17-10-14(19)9-12/h1-6,9-11,20H,7-8H2,(H,18,21). The SMILES string of the molecule is O=C(Nc1ccc(OCCO)cc1)c1ccn2cncc2c1. The van der Waals surface area contributed by atoms with Crippen molar-refractivity contribution in [1.29, 1.82) is 0 Å². The van der Waals surface area contributed by atoms with Crippen LogP contribution in [0.15, 0.2) is 55.1 Å². The maximum Gasteiger partial charge on any atom is 0.255 e. The molecule has 0 bridgehead atoms. The van der Waals surface area contributed by atoms with E-state index in [1.165, 1.54) is 0 Å². The number of imidazole rings is 1. The summed E-state index contributed by atoms with van der Waals surface area (Å²) in [6, 6.07) is 10.5. The van der Waals surface area contributed by atoms with Gasteiger partial charge in [-0.3, -0.25) is 4.79 Å². The highest BCUT2D eigenvalue weighted by atomic mass is 16.5. The molecule has 112 valence electrons. The number of benzene rings is 1. The molecule has 1 aromatic carbocycles. The number of nitrogens with zero attached hydrogens (tertiary/aromatic N) is 2. The molecule has 0 saturated carbocycles. The highest BCUT2D eigenvalue weighted by Crippen LogP contribution is 2.17.